The van der Waals surface area contributed by atoms with Crippen LogP contribution in [0.2, 0.25) is 0 Å². The third-order valence-corrected chi connectivity index (χ3v) is 4.70. The number of nitrogens with two attached hydrogens (primary N) is 1. The Kier molecular flexibility index (Phi) is 6.26. The predicted octanol–water partition coefficient (Wildman–Crippen LogP) is 0.781. The zero-order valence-electron chi connectivity index (χ0n) is 16.0. The maximum absolute atomic E-state index is 12.2. The van der Waals surface area contributed by atoms with Crippen LogP contribution in [0.3, 0.4) is 0 Å². The smallest absolute Gasteiger partial charge is 0.303 e. The molecule has 1 amide bonds. The first-order chi connectivity index (χ1) is 14.4. The number of aryl methyl sites for hydroxylation is 2. The highest BCUT2D eigenvalue weighted by Gasteiger charge is 2.15. The average Bonchev–Trinajstić information content (AvgIpc) is 3.12. The number of hydrogen-bond acceptors (Lipinski definition) is 6. The number of carboxylic acid groups (broad SMARTS) is 1. The number of aldehydes is 1. The first kappa shape index (κ1) is 20.8. The molecule has 2 heterocycles. The van der Waals surface area contributed by atoms with Gasteiger partial charge < -0.3 is 30.9 Å². The van der Waals surface area contributed by atoms with E-state index < -0.39 is 23.5 Å². The molecule has 1 atom stereocenters. The summed E-state index contributed by atoms with van der Waals surface area (Å²) in [5.74, 6) is -1.43. The monoisotopic (exact) mass is 411 g/mol. The van der Waals surface area contributed by atoms with E-state index in [0.29, 0.717) is 35.7 Å². The van der Waals surface area contributed by atoms with Crippen LogP contribution in [0.4, 0.5) is 5.95 Å². The molecule has 3 rings (SSSR count). The molecule has 0 unspecified atom stereocenters. The Labute approximate surface area is 170 Å². The van der Waals surface area contributed by atoms with Crippen LogP contribution in [-0.2, 0) is 22.4 Å². The molecule has 0 bridgehead atoms. The number of nitrogen functional groups attached to an aromatic ring is 1. The summed E-state index contributed by atoms with van der Waals surface area (Å²) in [6, 6.07) is 5.99. The summed E-state index contributed by atoms with van der Waals surface area (Å²) >= 11 is 0. The van der Waals surface area contributed by atoms with Crippen molar-refractivity contribution in [3.8, 4) is 0 Å². The lowest BCUT2D eigenvalue weighted by Crippen LogP contribution is -2.36. The van der Waals surface area contributed by atoms with Crippen molar-refractivity contribution in [2.75, 3.05) is 5.73 Å². The number of nitrogens with one attached hydrogen (secondary N) is 3. The predicted molar refractivity (Wildman–Crippen MR) is 109 cm³/mol. The summed E-state index contributed by atoms with van der Waals surface area (Å²) in [5, 5.41) is 11.7. The number of carbonyl (C=O) groups excluding carboxylic acids is 2. The third-order valence-electron chi connectivity index (χ3n) is 4.70. The van der Waals surface area contributed by atoms with Gasteiger partial charge in [0, 0.05) is 18.2 Å². The van der Waals surface area contributed by atoms with E-state index >= 15 is 0 Å². The van der Waals surface area contributed by atoms with Crippen molar-refractivity contribution >= 4 is 35.1 Å². The van der Waals surface area contributed by atoms with Crippen molar-refractivity contribution in [3.05, 3.63) is 57.5 Å². The lowest BCUT2D eigenvalue weighted by Gasteiger charge is -2.12. The van der Waals surface area contributed by atoms with Gasteiger partial charge in [-0.25, -0.2) is 0 Å². The van der Waals surface area contributed by atoms with E-state index in [1.807, 2.05) is 0 Å². The molecule has 0 aliphatic heterocycles. The van der Waals surface area contributed by atoms with Crippen molar-refractivity contribution in [1.29, 1.82) is 0 Å². The van der Waals surface area contributed by atoms with Crippen LogP contribution in [-0.4, -0.2) is 44.3 Å². The zero-order valence-corrected chi connectivity index (χ0v) is 16.0. The molecule has 6 N–H and O–H groups in total. The topological polar surface area (TPSA) is 171 Å². The molecule has 0 spiro atoms. The maximum Gasteiger partial charge on any atom is 0.303 e. The molecule has 10 heteroatoms. The number of aliphatic carboxylic acids is 1. The van der Waals surface area contributed by atoms with Crippen LogP contribution in [0.5, 0.6) is 0 Å². The average molecular weight is 411 g/mol. The fourth-order valence-electron chi connectivity index (χ4n) is 3.13. The highest BCUT2D eigenvalue weighted by atomic mass is 16.4. The first-order valence-corrected chi connectivity index (χ1v) is 9.30. The van der Waals surface area contributed by atoms with Crippen LogP contribution in [0.15, 0.2) is 35.3 Å². The van der Waals surface area contributed by atoms with Crippen molar-refractivity contribution < 1.29 is 19.5 Å². The number of aromatic nitrogens is 3. The second-order valence-electron chi connectivity index (χ2n) is 6.84. The molecular weight excluding hydrogens is 390 g/mol. The molecular formula is C20H21N5O5. The van der Waals surface area contributed by atoms with E-state index in [9.17, 15) is 19.2 Å². The number of anilines is 1. The minimum atomic E-state index is -1.03. The van der Waals surface area contributed by atoms with E-state index in [1.165, 1.54) is 0 Å². The third kappa shape index (κ3) is 4.90. The number of benzene rings is 1. The van der Waals surface area contributed by atoms with E-state index in [1.54, 1.807) is 30.5 Å². The highest BCUT2D eigenvalue weighted by molar-refractivity contribution is 5.95. The van der Waals surface area contributed by atoms with Crippen LogP contribution < -0.4 is 16.6 Å². The van der Waals surface area contributed by atoms with Crippen LogP contribution in [0, 0.1) is 0 Å². The molecule has 3 aromatic rings. The SMILES string of the molecule is Nc1nc(=O)c2c(CCc3ccc(C(=O)N[C@H](C=O)CCC(=O)O)cc3)c[nH]c2[nH]1. The number of amides is 1. The van der Waals surface area contributed by atoms with E-state index in [2.05, 4.69) is 20.3 Å². The van der Waals surface area contributed by atoms with Gasteiger partial charge in [-0.1, -0.05) is 12.1 Å². The minimum Gasteiger partial charge on any atom is -0.481 e. The number of rotatable bonds is 9. The number of fused-ring (bicyclic) bond motifs is 1. The summed E-state index contributed by atoms with van der Waals surface area (Å²) in [4.78, 5) is 55.5. The number of carboxylic acids is 1. The van der Waals surface area contributed by atoms with Gasteiger partial charge >= 0.3 is 5.97 Å². The first-order valence-electron chi connectivity index (χ1n) is 9.30. The molecule has 2 aromatic heterocycles. The van der Waals surface area contributed by atoms with Crippen LogP contribution >= 0.6 is 0 Å². The summed E-state index contributed by atoms with van der Waals surface area (Å²) in [7, 11) is 0. The molecule has 30 heavy (non-hydrogen) atoms. The Morgan fingerprint density at radius 1 is 1.23 bits per heavy atom. The van der Waals surface area contributed by atoms with Gasteiger partial charge in [-0.15, -0.1) is 0 Å². The molecule has 0 aliphatic carbocycles. The molecule has 0 aliphatic rings. The largest absolute Gasteiger partial charge is 0.481 e. The van der Waals surface area contributed by atoms with Crippen molar-refractivity contribution in [1.82, 2.24) is 20.3 Å². The van der Waals surface area contributed by atoms with Crippen LogP contribution in [0.25, 0.3) is 11.0 Å². The molecule has 0 radical (unpaired) electrons. The molecule has 0 saturated heterocycles. The number of carbonyl (C=O) groups is 3. The Balaban J connectivity index is 1.62. The highest BCUT2D eigenvalue weighted by Crippen LogP contribution is 2.16. The standard InChI is InChI=1S/C20H21N5O5/c21-20-24-17-16(19(30)25-20)13(9-22-17)6-3-11-1-4-12(5-2-11)18(29)23-14(10-26)7-8-15(27)28/h1-2,4-5,9-10,14H,3,6-8H2,(H,23,29)(H,27,28)(H4,21,22,24,25,30)/t14-/m0/s1. The maximum atomic E-state index is 12.2. The second-order valence-corrected chi connectivity index (χ2v) is 6.84. The fourth-order valence-corrected chi connectivity index (χ4v) is 3.13. The zero-order chi connectivity index (χ0) is 21.7. The van der Waals surface area contributed by atoms with Crippen LogP contribution in [0.1, 0.15) is 34.3 Å². The Morgan fingerprint density at radius 3 is 2.63 bits per heavy atom. The van der Waals surface area contributed by atoms with Gasteiger partial charge in [0.1, 0.15) is 11.9 Å². The number of aromatic amines is 2. The summed E-state index contributed by atoms with van der Waals surface area (Å²) < 4.78 is 0. The van der Waals surface area contributed by atoms with Crippen molar-refractivity contribution in [2.24, 2.45) is 0 Å². The van der Waals surface area contributed by atoms with Gasteiger partial charge in [0.05, 0.1) is 11.4 Å². The quantitative estimate of drug-likeness (QED) is 0.324. The normalized spacial score (nSPS) is 11.9. The van der Waals surface area contributed by atoms with Crippen molar-refractivity contribution in [2.45, 2.75) is 31.7 Å². The fraction of sp³-hybridized carbons (Fsp3) is 0.250. The van der Waals surface area contributed by atoms with E-state index in [4.69, 9.17) is 10.8 Å². The summed E-state index contributed by atoms with van der Waals surface area (Å²) in [6.07, 6.45) is 3.31. The lowest BCUT2D eigenvalue weighted by atomic mass is 10.0. The van der Waals surface area contributed by atoms with E-state index in [-0.39, 0.29) is 18.8 Å². The van der Waals surface area contributed by atoms with Gasteiger partial charge in [0.25, 0.3) is 11.5 Å². The molecule has 0 saturated carbocycles. The Morgan fingerprint density at radius 2 is 1.97 bits per heavy atom. The molecule has 10 nitrogen and oxygen atoms in total. The summed E-state index contributed by atoms with van der Waals surface area (Å²) in [6.45, 7) is 0. The number of nitrogens with zero attached hydrogens (tertiary/aromatic N) is 1. The van der Waals surface area contributed by atoms with Crippen molar-refractivity contribution in [3.63, 3.8) is 0 Å². The van der Waals surface area contributed by atoms with Gasteiger partial charge in [-0.05, 0) is 42.5 Å². The molecule has 0 fully saturated rings. The molecule has 1 aromatic carbocycles. The second kappa shape index (κ2) is 9.03. The Bertz CT molecular complexity index is 1130. The van der Waals surface area contributed by atoms with E-state index in [0.717, 1.165) is 11.1 Å². The lowest BCUT2D eigenvalue weighted by molar-refractivity contribution is -0.137. The minimum absolute atomic E-state index is 0.0346. The number of H-pyrrole nitrogens is 2. The van der Waals surface area contributed by atoms with Gasteiger partial charge in [-0.2, -0.15) is 4.98 Å². The summed E-state index contributed by atoms with van der Waals surface area (Å²) in [5.41, 5.74) is 7.81. The number of hydrogen-bond donors (Lipinski definition) is 5. The molecule has 156 valence electrons. The van der Waals surface area contributed by atoms with Gasteiger partial charge in [0.15, 0.2) is 0 Å². The Hall–Kier alpha value is -3.95. The van der Waals surface area contributed by atoms with Gasteiger partial charge in [-0.3, -0.25) is 14.4 Å². The van der Waals surface area contributed by atoms with Gasteiger partial charge in [0.2, 0.25) is 5.95 Å².